The summed E-state index contributed by atoms with van der Waals surface area (Å²) in [5.74, 6) is -0.291. The Labute approximate surface area is 173 Å². The number of aromatic nitrogens is 1. The van der Waals surface area contributed by atoms with Gasteiger partial charge in [0.05, 0.1) is 16.3 Å². The van der Waals surface area contributed by atoms with Gasteiger partial charge in [-0.15, -0.1) is 11.3 Å². The van der Waals surface area contributed by atoms with Crippen molar-refractivity contribution in [1.29, 1.82) is 0 Å². The van der Waals surface area contributed by atoms with Crippen molar-refractivity contribution in [3.63, 3.8) is 0 Å². The van der Waals surface area contributed by atoms with Crippen LogP contribution in [0.1, 0.15) is 39.7 Å². The number of hydrogen-bond acceptors (Lipinski definition) is 3. The molecule has 1 amide bonds. The summed E-state index contributed by atoms with van der Waals surface area (Å²) in [6.45, 7) is 6.29. The summed E-state index contributed by atoms with van der Waals surface area (Å²) < 4.78 is 0. The first-order valence-corrected chi connectivity index (χ1v) is 10.3. The van der Waals surface area contributed by atoms with Gasteiger partial charge in [-0.1, -0.05) is 54.2 Å². The number of hydrogen-bond donors (Lipinski definition) is 1. The Hall–Kier alpha value is -1.88. The Bertz CT molecular complexity index is 998. The molecule has 1 heterocycles. The molecule has 0 aliphatic carbocycles. The molecule has 3 aromatic rings. The third kappa shape index (κ3) is 4.52. The van der Waals surface area contributed by atoms with Gasteiger partial charge >= 0.3 is 0 Å². The molecule has 0 fully saturated rings. The van der Waals surface area contributed by atoms with E-state index in [1.54, 1.807) is 18.2 Å². The number of halogens is 2. The summed E-state index contributed by atoms with van der Waals surface area (Å²) in [4.78, 5) is 18.5. The van der Waals surface area contributed by atoms with Crippen LogP contribution in [0.15, 0.2) is 36.4 Å². The molecule has 0 aliphatic rings. The molecule has 1 N–H and O–H groups in total. The second-order valence-corrected chi connectivity index (χ2v) is 8.36. The van der Waals surface area contributed by atoms with E-state index in [2.05, 4.69) is 44.3 Å². The third-order valence-corrected chi connectivity index (χ3v) is 5.80. The predicted octanol–water partition coefficient (Wildman–Crippen LogP) is 6.94. The van der Waals surface area contributed by atoms with Crippen molar-refractivity contribution in [3.05, 3.63) is 68.0 Å². The fraction of sp³-hybridized carbons (Fsp3) is 0.238. The summed E-state index contributed by atoms with van der Waals surface area (Å²) >= 11 is 13.6. The zero-order valence-corrected chi connectivity index (χ0v) is 17.7. The SMILES string of the molecule is CCCc1sc(NC(=O)c2ccc(Cl)cc2Cl)nc1-c1cc(C)ccc1C. The molecule has 0 spiro atoms. The van der Waals surface area contributed by atoms with Gasteiger partial charge in [-0.25, -0.2) is 4.98 Å². The topological polar surface area (TPSA) is 42.0 Å². The van der Waals surface area contributed by atoms with E-state index in [1.165, 1.54) is 27.3 Å². The maximum absolute atomic E-state index is 12.6. The first-order valence-electron chi connectivity index (χ1n) is 8.72. The molecule has 0 saturated carbocycles. The van der Waals surface area contributed by atoms with E-state index in [1.807, 2.05) is 0 Å². The fourth-order valence-electron chi connectivity index (χ4n) is 2.84. The monoisotopic (exact) mass is 418 g/mol. The van der Waals surface area contributed by atoms with Crippen LogP contribution in [-0.4, -0.2) is 10.9 Å². The number of nitrogens with zero attached hydrogens (tertiary/aromatic N) is 1. The molecule has 1 aromatic heterocycles. The predicted molar refractivity (Wildman–Crippen MR) is 115 cm³/mol. The minimum atomic E-state index is -0.291. The van der Waals surface area contributed by atoms with Gasteiger partial charge in [-0.05, 0) is 50.1 Å². The van der Waals surface area contributed by atoms with Crippen molar-refractivity contribution in [2.75, 3.05) is 5.32 Å². The van der Waals surface area contributed by atoms with Gasteiger partial charge in [-0.3, -0.25) is 10.1 Å². The summed E-state index contributed by atoms with van der Waals surface area (Å²) in [7, 11) is 0. The zero-order chi connectivity index (χ0) is 19.6. The van der Waals surface area contributed by atoms with E-state index in [-0.39, 0.29) is 5.91 Å². The van der Waals surface area contributed by atoms with E-state index in [4.69, 9.17) is 28.2 Å². The number of rotatable bonds is 5. The highest BCUT2D eigenvalue weighted by atomic mass is 35.5. The van der Waals surface area contributed by atoms with Crippen LogP contribution in [0.5, 0.6) is 0 Å². The van der Waals surface area contributed by atoms with Gasteiger partial charge in [0, 0.05) is 15.5 Å². The summed E-state index contributed by atoms with van der Waals surface area (Å²) in [5.41, 5.74) is 4.79. The van der Waals surface area contributed by atoms with Crippen LogP contribution in [0.3, 0.4) is 0 Å². The minimum absolute atomic E-state index is 0.291. The van der Waals surface area contributed by atoms with Gasteiger partial charge in [0.15, 0.2) is 5.13 Å². The van der Waals surface area contributed by atoms with Crippen molar-refractivity contribution in [1.82, 2.24) is 4.98 Å². The van der Waals surface area contributed by atoms with Crippen LogP contribution in [0, 0.1) is 13.8 Å². The number of amides is 1. The average molecular weight is 419 g/mol. The molecule has 0 atom stereocenters. The van der Waals surface area contributed by atoms with E-state index >= 15 is 0 Å². The van der Waals surface area contributed by atoms with Gasteiger partial charge in [0.2, 0.25) is 0 Å². The maximum atomic E-state index is 12.6. The van der Waals surface area contributed by atoms with Crippen LogP contribution in [-0.2, 0) is 6.42 Å². The number of aryl methyl sites for hydroxylation is 3. The molecule has 0 bridgehead atoms. The number of anilines is 1. The van der Waals surface area contributed by atoms with E-state index in [0.29, 0.717) is 20.7 Å². The van der Waals surface area contributed by atoms with E-state index < -0.39 is 0 Å². The first-order chi connectivity index (χ1) is 12.9. The van der Waals surface area contributed by atoms with Crippen molar-refractivity contribution in [3.8, 4) is 11.3 Å². The lowest BCUT2D eigenvalue weighted by Gasteiger charge is -2.07. The second kappa shape index (κ2) is 8.42. The van der Waals surface area contributed by atoms with E-state index in [9.17, 15) is 4.79 Å². The van der Waals surface area contributed by atoms with Crippen molar-refractivity contribution >= 4 is 45.6 Å². The Morgan fingerprint density at radius 3 is 2.63 bits per heavy atom. The maximum Gasteiger partial charge on any atom is 0.258 e. The number of benzene rings is 2. The van der Waals surface area contributed by atoms with Gasteiger partial charge in [0.1, 0.15) is 0 Å². The lowest BCUT2D eigenvalue weighted by Crippen LogP contribution is -2.12. The molecule has 27 heavy (non-hydrogen) atoms. The number of nitrogens with one attached hydrogen (secondary N) is 1. The number of thiazole rings is 1. The Morgan fingerprint density at radius 2 is 1.93 bits per heavy atom. The molecular formula is C21H20Cl2N2OS. The van der Waals surface area contributed by atoms with Gasteiger partial charge < -0.3 is 0 Å². The summed E-state index contributed by atoms with van der Waals surface area (Å²) in [6, 6.07) is 11.2. The summed E-state index contributed by atoms with van der Waals surface area (Å²) in [6.07, 6.45) is 1.93. The van der Waals surface area contributed by atoms with E-state index in [0.717, 1.165) is 24.1 Å². The molecular weight excluding hydrogens is 399 g/mol. The molecule has 2 aromatic carbocycles. The Kier molecular flexibility index (Phi) is 6.20. The van der Waals surface area contributed by atoms with Crippen LogP contribution in [0.25, 0.3) is 11.3 Å². The molecule has 0 saturated heterocycles. The largest absolute Gasteiger partial charge is 0.298 e. The quantitative estimate of drug-likeness (QED) is 0.487. The molecule has 3 nitrogen and oxygen atoms in total. The van der Waals surface area contributed by atoms with Crippen LogP contribution in [0.4, 0.5) is 5.13 Å². The molecule has 140 valence electrons. The lowest BCUT2D eigenvalue weighted by atomic mass is 10.0. The van der Waals surface area contributed by atoms with Crippen molar-refractivity contribution < 1.29 is 4.79 Å². The Balaban J connectivity index is 1.95. The number of carbonyl (C=O) groups excluding carboxylic acids is 1. The standard InChI is InChI=1S/C21H20Cl2N2OS/c1-4-5-18-19(16-10-12(2)6-7-13(16)3)24-21(27-18)25-20(26)15-9-8-14(22)11-17(15)23/h6-11H,4-5H2,1-3H3,(H,24,25,26). The highest BCUT2D eigenvalue weighted by molar-refractivity contribution is 7.16. The number of carbonyl (C=O) groups is 1. The van der Waals surface area contributed by atoms with Gasteiger partial charge in [-0.2, -0.15) is 0 Å². The van der Waals surface area contributed by atoms with Gasteiger partial charge in [0.25, 0.3) is 5.91 Å². The molecule has 6 heteroatoms. The Morgan fingerprint density at radius 1 is 1.15 bits per heavy atom. The van der Waals surface area contributed by atoms with Crippen molar-refractivity contribution in [2.24, 2.45) is 0 Å². The highest BCUT2D eigenvalue weighted by Gasteiger charge is 2.18. The normalized spacial score (nSPS) is 10.9. The lowest BCUT2D eigenvalue weighted by molar-refractivity contribution is 0.102. The van der Waals surface area contributed by atoms with Crippen LogP contribution < -0.4 is 5.32 Å². The third-order valence-electron chi connectivity index (χ3n) is 4.22. The molecule has 0 aliphatic heterocycles. The van der Waals surface area contributed by atoms with Crippen molar-refractivity contribution in [2.45, 2.75) is 33.6 Å². The zero-order valence-electron chi connectivity index (χ0n) is 15.4. The smallest absolute Gasteiger partial charge is 0.258 e. The molecule has 0 radical (unpaired) electrons. The second-order valence-electron chi connectivity index (χ2n) is 6.44. The first kappa shape index (κ1) is 19.9. The highest BCUT2D eigenvalue weighted by Crippen LogP contribution is 2.35. The fourth-order valence-corrected chi connectivity index (χ4v) is 4.41. The van der Waals surface area contributed by atoms with Crippen LogP contribution >= 0.6 is 34.5 Å². The minimum Gasteiger partial charge on any atom is -0.298 e. The molecule has 3 rings (SSSR count). The molecule has 0 unspecified atom stereocenters. The van der Waals surface area contributed by atoms with Crippen LogP contribution in [0.2, 0.25) is 10.0 Å². The average Bonchev–Trinajstić information content (AvgIpc) is 2.99. The summed E-state index contributed by atoms with van der Waals surface area (Å²) in [5, 5.41) is 4.27.